The normalized spacial score (nSPS) is 12.0. The number of hydrogen-bond acceptors (Lipinski definition) is 2. The van der Waals surface area contributed by atoms with Crippen LogP contribution in [0.4, 0.5) is 5.69 Å². The first-order chi connectivity index (χ1) is 14.6. The van der Waals surface area contributed by atoms with E-state index in [0.717, 1.165) is 17.0 Å². The second-order valence-electron chi connectivity index (χ2n) is 7.98. The molecule has 4 aromatic rings. The van der Waals surface area contributed by atoms with E-state index in [1.807, 2.05) is 6.07 Å². The van der Waals surface area contributed by atoms with Crippen LogP contribution in [0.25, 0.3) is 11.3 Å². The average Bonchev–Trinajstić information content (AvgIpc) is 2.81. The van der Waals surface area contributed by atoms with Gasteiger partial charge in [-0.3, -0.25) is 4.98 Å². The zero-order valence-electron chi connectivity index (χ0n) is 17.9. The predicted molar refractivity (Wildman–Crippen MR) is 127 cm³/mol. The van der Waals surface area contributed by atoms with Crippen molar-refractivity contribution < 1.29 is 0 Å². The molecular weight excluding hydrogens is 364 g/mol. The van der Waals surface area contributed by atoms with Gasteiger partial charge in [0.2, 0.25) is 0 Å². The molecule has 0 radical (unpaired) electrons. The highest BCUT2D eigenvalue weighted by molar-refractivity contribution is 5.60. The van der Waals surface area contributed by atoms with Crippen molar-refractivity contribution in [3.63, 3.8) is 0 Å². The van der Waals surface area contributed by atoms with Gasteiger partial charge in [0.1, 0.15) is 0 Å². The van der Waals surface area contributed by atoms with Crippen molar-refractivity contribution in [2.24, 2.45) is 0 Å². The van der Waals surface area contributed by atoms with Crippen LogP contribution in [0.5, 0.6) is 0 Å². The maximum atomic E-state index is 5.07. The number of nitrogens with zero attached hydrogens (tertiary/aromatic N) is 2. The predicted octanol–water partition coefficient (Wildman–Crippen LogP) is 7.10. The van der Waals surface area contributed by atoms with Crippen molar-refractivity contribution >= 4 is 5.69 Å². The van der Waals surface area contributed by atoms with Crippen molar-refractivity contribution in [2.45, 2.75) is 25.8 Å². The molecule has 3 aromatic carbocycles. The number of hydrogen-bond donors (Lipinski definition) is 0. The Bertz CT molecular complexity index is 1070. The number of pyridine rings is 1. The smallest absolute Gasteiger partial charge is 0.0963 e. The largest absolute Gasteiger partial charge is 0.362 e. The van der Waals surface area contributed by atoms with Gasteiger partial charge in [0.15, 0.2) is 0 Å². The molecule has 2 heteroatoms. The maximum absolute atomic E-state index is 5.07. The van der Waals surface area contributed by atoms with Crippen LogP contribution in [0.3, 0.4) is 0 Å². The first-order valence-electron chi connectivity index (χ1n) is 10.5. The average molecular weight is 393 g/mol. The lowest BCUT2D eigenvalue weighted by atomic mass is 9.99. The van der Waals surface area contributed by atoms with Crippen molar-refractivity contribution in [1.82, 2.24) is 4.98 Å². The van der Waals surface area contributed by atoms with Crippen molar-refractivity contribution in [2.75, 3.05) is 11.9 Å². The Morgan fingerprint density at radius 1 is 0.633 bits per heavy atom. The highest BCUT2D eigenvalue weighted by Gasteiger charge is 2.21. The molecule has 30 heavy (non-hydrogen) atoms. The molecule has 1 heterocycles. The minimum atomic E-state index is 0.0276. The number of aromatic nitrogens is 1. The summed E-state index contributed by atoms with van der Waals surface area (Å²) in [6.45, 7) is 4.45. The summed E-state index contributed by atoms with van der Waals surface area (Å²) in [4.78, 5) is 7.39. The minimum Gasteiger partial charge on any atom is -0.362 e. The zero-order chi connectivity index (χ0) is 20.9. The van der Waals surface area contributed by atoms with Gasteiger partial charge in [-0.1, -0.05) is 92.7 Å². The molecule has 0 aliphatic carbocycles. The van der Waals surface area contributed by atoms with Gasteiger partial charge in [-0.2, -0.15) is 0 Å². The van der Waals surface area contributed by atoms with Crippen LogP contribution < -0.4 is 4.90 Å². The van der Waals surface area contributed by atoms with Gasteiger partial charge in [-0.15, -0.1) is 0 Å². The molecule has 0 amide bonds. The molecule has 0 spiro atoms. The minimum absolute atomic E-state index is 0.0276. The lowest BCUT2D eigenvalue weighted by Gasteiger charge is -2.31. The van der Waals surface area contributed by atoms with Crippen LogP contribution in [-0.4, -0.2) is 12.0 Å². The number of benzene rings is 3. The molecule has 0 fully saturated rings. The van der Waals surface area contributed by atoms with Crippen LogP contribution in [-0.2, 0) is 0 Å². The molecule has 0 aliphatic heterocycles. The van der Waals surface area contributed by atoms with E-state index in [9.17, 15) is 0 Å². The Morgan fingerprint density at radius 2 is 1.27 bits per heavy atom. The Hall–Kier alpha value is -3.39. The Labute approximate surface area is 179 Å². The summed E-state index contributed by atoms with van der Waals surface area (Å²) in [5, 5.41) is 0. The second kappa shape index (κ2) is 8.96. The third kappa shape index (κ3) is 4.28. The highest BCUT2D eigenvalue weighted by atomic mass is 15.1. The number of anilines is 1. The van der Waals surface area contributed by atoms with Crippen LogP contribution in [0.2, 0.25) is 0 Å². The van der Waals surface area contributed by atoms with Gasteiger partial charge in [0.25, 0.3) is 0 Å². The van der Waals surface area contributed by atoms with E-state index in [2.05, 4.69) is 123 Å². The van der Waals surface area contributed by atoms with Crippen molar-refractivity contribution in [3.8, 4) is 11.3 Å². The molecule has 0 aliphatic rings. The molecule has 1 aromatic heterocycles. The van der Waals surface area contributed by atoms with E-state index < -0.39 is 0 Å². The molecular formula is C28H28N2. The topological polar surface area (TPSA) is 16.1 Å². The molecule has 0 bridgehead atoms. The molecule has 1 atom stereocenters. The fraction of sp³-hybridized carbons (Fsp3) is 0.179. The summed E-state index contributed by atoms with van der Waals surface area (Å²) in [6.07, 6.45) is 0. The van der Waals surface area contributed by atoms with Crippen molar-refractivity contribution in [3.05, 3.63) is 120 Å². The maximum Gasteiger partial charge on any atom is 0.0963 e. The molecule has 0 saturated heterocycles. The van der Waals surface area contributed by atoms with Crippen LogP contribution in [0, 0.1) is 0 Å². The SMILES string of the molecule is CC(C)c1ccc(N(C)C(c2ccccc2)c2cccc(-c3ccccc3)n2)cc1. The monoisotopic (exact) mass is 392 g/mol. The zero-order valence-corrected chi connectivity index (χ0v) is 17.9. The van der Waals surface area contributed by atoms with E-state index in [-0.39, 0.29) is 6.04 Å². The second-order valence-corrected chi connectivity index (χ2v) is 7.98. The molecule has 1 unspecified atom stereocenters. The van der Waals surface area contributed by atoms with E-state index in [0.29, 0.717) is 5.92 Å². The van der Waals surface area contributed by atoms with E-state index in [1.54, 1.807) is 0 Å². The first-order valence-corrected chi connectivity index (χ1v) is 10.5. The lowest BCUT2D eigenvalue weighted by molar-refractivity contribution is 0.755. The van der Waals surface area contributed by atoms with Crippen molar-refractivity contribution in [1.29, 1.82) is 0 Å². The fourth-order valence-corrected chi connectivity index (χ4v) is 3.84. The molecule has 150 valence electrons. The third-order valence-corrected chi connectivity index (χ3v) is 5.59. The van der Waals surface area contributed by atoms with E-state index >= 15 is 0 Å². The van der Waals surface area contributed by atoms with Gasteiger partial charge in [0, 0.05) is 18.3 Å². The summed E-state index contributed by atoms with van der Waals surface area (Å²) >= 11 is 0. The molecule has 4 rings (SSSR count). The third-order valence-electron chi connectivity index (χ3n) is 5.59. The lowest BCUT2D eigenvalue weighted by Crippen LogP contribution is -2.26. The molecule has 0 saturated carbocycles. The summed E-state index contributed by atoms with van der Waals surface area (Å²) in [5.74, 6) is 0.526. The summed E-state index contributed by atoms with van der Waals surface area (Å²) in [6, 6.07) is 36.2. The highest BCUT2D eigenvalue weighted by Crippen LogP contribution is 2.32. The summed E-state index contributed by atoms with van der Waals surface area (Å²) < 4.78 is 0. The van der Waals surface area contributed by atoms with Crippen LogP contribution in [0.15, 0.2) is 103 Å². The van der Waals surface area contributed by atoms with Gasteiger partial charge >= 0.3 is 0 Å². The van der Waals surface area contributed by atoms with Gasteiger partial charge in [-0.05, 0) is 41.3 Å². The Morgan fingerprint density at radius 3 is 1.90 bits per heavy atom. The van der Waals surface area contributed by atoms with Gasteiger partial charge in [-0.25, -0.2) is 0 Å². The van der Waals surface area contributed by atoms with Gasteiger partial charge in [0.05, 0.1) is 17.4 Å². The Kier molecular flexibility index (Phi) is 5.94. The van der Waals surface area contributed by atoms with Crippen LogP contribution in [0.1, 0.15) is 42.6 Å². The molecule has 0 N–H and O–H groups in total. The van der Waals surface area contributed by atoms with E-state index in [4.69, 9.17) is 4.98 Å². The summed E-state index contributed by atoms with van der Waals surface area (Å²) in [7, 11) is 2.15. The molecule has 2 nitrogen and oxygen atoms in total. The van der Waals surface area contributed by atoms with Gasteiger partial charge < -0.3 is 4.90 Å². The standard InChI is InChI=1S/C28H28N2/c1-21(2)22-17-19-25(20-18-22)30(3)28(24-13-8-5-9-14-24)27-16-10-15-26(29-27)23-11-6-4-7-12-23/h4-21,28H,1-3H3. The fourth-order valence-electron chi connectivity index (χ4n) is 3.84. The first kappa shape index (κ1) is 19.9. The van der Waals surface area contributed by atoms with Crippen LogP contribution >= 0.6 is 0 Å². The Balaban J connectivity index is 1.76. The van der Waals surface area contributed by atoms with E-state index in [1.165, 1.54) is 16.8 Å². The summed E-state index contributed by atoms with van der Waals surface area (Å²) in [5.41, 5.74) is 6.93. The quantitative estimate of drug-likeness (QED) is 0.348. The number of rotatable bonds is 6.